The maximum absolute atomic E-state index is 12.0. The molecule has 0 atom stereocenters. The minimum Gasteiger partial charge on any atom is -0.487 e. The van der Waals surface area contributed by atoms with Gasteiger partial charge in [0.2, 0.25) is 0 Å². The van der Waals surface area contributed by atoms with Crippen molar-refractivity contribution in [1.29, 1.82) is 0 Å². The van der Waals surface area contributed by atoms with Crippen molar-refractivity contribution < 1.29 is 9.53 Å². The third-order valence-corrected chi connectivity index (χ3v) is 4.77. The van der Waals surface area contributed by atoms with Gasteiger partial charge in [0.05, 0.1) is 11.2 Å². The molecule has 0 aliphatic heterocycles. The fourth-order valence-corrected chi connectivity index (χ4v) is 3.08. The van der Waals surface area contributed by atoms with E-state index in [0.29, 0.717) is 28.0 Å². The quantitative estimate of drug-likeness (QED) is 0.344. The molecule has 3 rings (SSSR count). The van der Waals surface area contributed by atoms with E-state index in [0.717, 1.165) is 15.6 Å². The zero-order chi connectivity index (χ0) is 19.9. The molecule has 0 heterocycles. The van der Waals surface area contributed by atoms with Crippen LogP contribution in [0.3, 0.4) is 0 Å². The molecule has 0 spiro atoms. The summed E-state index contributed by atoms with van der Waals surface area (Å²) in [5, 5.41) is 5.10. The summed E-state index contributed by atoms with van der Waals surface area (Å²) in [6.45, 7) is 0.382. The molecule has 4 nitrogen and oxygen atoms in total. The molecule has 3 aromatic rings. The largest absolute Gasteiger partial charge is 0.487 e. The van der Waals surface area contributed by atoms with Gasteiger partial charge in [-0.1, -0.05) is 57.3 Å². The Balaban J connectivity index is 1.58. The van der Waals surface area contributed by atoms with Crippen molar-refractivity contribution in [2.75, 3.05) is 0 Å². The highest BCUT2D eigenvalue weighted by Gasteiger charge is 2.05. The zero-order valence-electron chi connectivity index (χ0n) is 14.5. The van der Waals surface area contributed by atoms with Gasteiger partial charge in [0.15, 0.2) is 0 Å². The fraction of sp³-hybridized carbons (Fsp3) is 0.0476. The number of hydrogen-bond donors (Lipinski definition) is 1. The number of benzene rings is 3. The maximum Gasteiger partial charge on any atom is 0.271 e. The first-order chi connectivity index (χ1) is 13.5. The molecule has 3 aromatic carbocycles. The number of nitrogens with one attached hydrogen (secondary N) is 1. The normalized spacial score (nSPS) is 10.8. The fourth-order valence-electron chi connectivity index (χ4n) is 2.32. The third-order valence-electron chi connectivity index (χ3n) is 3.73. The standard InChI is InChI=1S/C21H15BrCl2N2O2/c22-17-3-1-2-16(11-17)21(27)26-25-12-15-6-9-20(19(24)10-15)28-13-14-4-7-18(23)8-5-14/h1-12H,13H2,(H,26,27)/b25-12-. The predicted molar refractivity (Wildman–Crippen MR) is 116 cm³/mol. The van der Waals surface area contributed by atoms with E-state index in [1.807, 2.05) is 30.3 Å². The molecule has 0 bridgehead atoms. The lowest BCUT2D eigenvalue weighted by molar-refractivity contribution is 0.0955. The molecule has 7 heteroatoms. The van der Waals surface area contributed by atoms with Crippen LogP contribution in [0.25, 0.3) is 0 Å². The zero-order valence-corrected chi connectivity index (χ0v) is 17.6. The average Bonchev–Trinajstić information content (AvgIpc) is 2.68. The Morgan fingerprint density at radius 1 is 1.07 bits per heavy atom. The number of carbonyl (C=O) groups excluding carboxylic acids is 1. The van der Waals surface area contributed by atoms with Gasteiger partial charge in [-0.25, -0.2) is 5.43 Å². The molecular formula is C21H15BrCl2N2O2. The number of ether oxygens (including phenoxy) is 1. The second-order valence-electron chi connectivity index (χ2n) is 5.81. The first-order valence-corrected chi connectivity index (χ1v) is 9.82. The molecule has 0 aromatic heterocycles. The van der Waals surface area contributed by atoms with Gasteiger partial charge in [0, 0.05) is 15.1 Å². The smallest absolute Gasteiger partial charge is 0.271 e. The molecule has 0 radical (unpaired) electrons. The Bertz CT molecular complexity index is 1010. The maximum atomic E-state index is 12.0. The van der Waals surface area contributed by atoms with Crippen molar-refractivity contribution in [3.8, 4) is 5.75 Å². The summed E-state index contributed by atoms with van der Waals surface area (Å²) in [6.07, 6.45) is 1.52. The Morgan fingerprint density at radius 3 is 2.57 bits per heavy atom. The lowest BCUT2D eigenvalue weighted by Crippen LogP contribution is -2.17. The van der Waals surface area contributed by atoms with Crippen LogP contribution < -0.4 is 10.2 Å². The molecule has 0 saturated heterocycles. The van der Waals surface area contributed by atoms with Gasteiger partial charge in [-0.05, 0) is 59.7 Å². The van der Waals surface area contributed by atoms with Crippen molar-refractivity contribution in [2.24, 2.45) is 5.10 Å². The van der Waals surface area contributed by atoms with Crippen molar-refractivity contribution in [3.05, 3.63) is 97.9 Å². The van der Waals surface area contributed by atoms with E-state index < -0.39 is 0 Å². The van der Waals surface area contributed by atoms with Crippen LogP contribution in [0.1, 0.15) is 21.5 Å². The van der Waals surface area contributed by atoms with Gasteiger partial charge in [-0.15, -0.1) is 0 Å². The van der Waals surface area contributed by atoms with Gasteiger partial charge in [0.1, 0.15) is 12.4 Å². The molecule has 0 saturated carbocycles. The Hall–Kier alpha value is -2.34. The Morgan fingerprint density at radius 2 is 1.86 bits per heavy atom. The lowest BCUT2D eigenvalue weighted by Gasteiger charge is -2.09. The summed E-state index contributed by atoms with van der Waals surface area (Å²) in [5.41, 5.74) is 4.72. The molecule has 1 N–H and O–H groups in total. The van der Waals surface area contributed by atoms with Crippen molar-refractivity contribution in [1.82, 2.24) is 5.43 Å². The van der Waals surface area contributed by atoms with Crippen molar-refractivity contribution in [3.63, 3.8) is 0 Å². The molecule has 0 aliphatic rings. The van der Waals surface area contributed by atoms with Gasteiger partial charge in [-0.3, -0.25) is 4.79 Å². The number of rotatable bonds is 6. The van der Waals surface area contributed by atoms with Crippen LogP contribution in [0.15, 0.2) is 76.3 Å². The highest BCUT2D eigenvalue weighted by molar-refractivity contribution is 9.10. The number of halogens is 3. The van der Waals surface area contributed by atoms with Gasteiger partial charge < -0.3 is 4.74 Å². The minimum atomic E-state index is -0.299. The lowest BCUT2D eigenvalue weighted by atomic mass is 10.2. The van der Waals surface area contributed by atoms with Gasteiger partial charge in [0.25, 0.3) is 5.91 Å². The Labute approximate surface area is 181 Å². The van der Waals surface area contributed by atoms with E-state index in [4.69, 9.17) is 27.9 Å². The number of hydrogen-bond acceptors (Lipinski definition) is 3. The average molecular weight is 478 g/mol. The summed E-state index contributed by atoms with van der Waals surface area (Å²) in [4.78, 5) is 12.0. The van der Waals surface area contributed by atoms with Crippen LogP contribution >= 0.6 is 39.1 Å². The number of amides is 1. The molecule has 142 valence electrons. The van der Waals surface area contributed by atoms with Crippen molar-refractivity contribution >= 4 is 51.3 Å². The number of hydrazone groups is 1. The van der Waals surface area contributed by atoms with E-state index >= 15 is 0 Å². The monoisotopic (exact) mass is 476 g/mol. The van der Waals surface area contributed by atoms with Crippen LogP contribution in [0.5, 0.6) is 5.75 Å². The highest BCUT2D eigenvalue weighted by atomic mass is 79.9. The second-order valence-corrected chi connectivity index (χ2v) is 7.57. The van der Waals surface area contributed by atoms with Gasteiger partial charge >= 0.3 is 0 Å². The van der Waals surface area contributed by atoms with Crippen LogP contribution in [0.2, 0.25) is 10.0 Å². The summed E-state index contributed by atoms with van der Waals surface area (Å²) in [6, 6.07) is 19.7. The summed E-state index contributed by atoms with van der Waals surface area (Å²) >= 11 is 15.5. The van der Waals surface area contributed by atoms with Crippen LogP contribution in [0, 0.1) is 0 Å². The van der Waals surface area contributed by atoms with E-state index in [-0.39, 0.29) is 5.91 Å². The van der Waals surface area contributed by atoms with Gasteiger partial charge in [-0.2, -0.15) is 5.10 Å². The topological polar surface area (TPSA) is 50.7 Å². The molecular weight excluding hydrogens is 463 g/mol. The highest BCUT2D eigenvalue weighted by Crippen LogP contribution is 2.26. The molecule has 28 heavy (non-hydrogen) atoms. The summed E-state index contributed by atoms with van der Waals surface area (Å²) in [5.74, 6) is 0.263. The van der Waals surface area contributed by atoms with Crippen LogP contribution in [0.4, 0.5) is 0 Å². The first kappa shape index (κ1) is 20.4. The van der Waals surface area contributed by atoms with E-state index in [1.165, 1.54) is 6.21 Å². The molecule has 0 fully saturated rings. The minimum absolute atomic E-state index is 0.299. The van der Waals surface area contributed by atoms with E-state index in [1.54, 1.807) is 36.4 Å². The second kappa shape index (κ2) is 9.73. The Kier molecular flexibility index (Phi) is 7.09. The molecule has 0 aliphatic carbocycles. The molecule has 0 unspecified atom stereocenters. The third kappa shape index (κ3) is 5.83. The summed E-state index contributed by atoms with van der Waals surface area (Å²) in [7, 11) is 0. The van der Waals surface area contributed by atoms with Crippen LogP contribution in [-0.4, -0.2) is 12.1 Å². The first-order valence-electron chi connectivity index (χ1n) is 8.27. The van der Waals surface area contributed by atoms with E-state index in [9.17, 15) is 4.79 Å². The number of nitrogens with zero attached hydrogens (tertiary/aromatic N) is 1. The van der Waals surface area contributed by atoms with E-state index in [2.05, 4.69) is 26.5 Å². The molecule has 1 amide bonds. The van der Waals surface area contributed by atoms with Crippen molar-refractivity contribution in [2.45, 2.75) is 6.61 Å². The van der Waals surface area contributed by atoms with Crippen LogP contribution in [-0.2, 0) is 6.61 Å². The predicted octanol–water partition coefficient (Wildman–Crippen LogP) is 6.10. The number of carbonyl (C=O) groups is 1. The summed E-state index contributed by atoms with van der Waals surface area (Å²) < 4.78 is 6.56. The SMILES string of the molecule is O=C(N/N=C\c1ccc(OCc2ccc(Cl)cc2)c(Cl)c1)c1cccc(Br)c1.